The molecule has 0 unspecified atom stereocenters. The van der Waals surface area contributed by atoms with Gasteiger partial charge in [-0.15, -0.1) is 11.3 Å². The Bertz CT molecular complexity index is 1760. The first-order chi connectivity index (χ1) is 19.4. The van der Waals surface area contributed by atoms with Crippen LogP contribution in [0.2, 0.25) is 0 Å². The molecule has 5 aromatic rings. The molecule has 0 saturated carbocycles. The van der Waals surface area contributed by atoms with Gasteiger partial charge in [0.1, 0.15) is 22.9 Å². The zero-order valence-corrected chi connectivity index (χ0v) is 23.0. The van der Waals surface area contributed by atoms with Gasteiger partial charge in [0.05, 0.1) is 42.7 Å². The van der Waals surface area contributed by atoms with E-state index in [1.54, 1.807) is 25.4 Å². The summed E-state index contributed by atoms with van der Waals surface area (Å²) in [6.07, 6.45) is 2.05. The van der Waals surface area contributed by atoms with Crippen LogP contribution in [0.25, 0.3) is 31.8 Å². The number of aromatic nitrogens is 4. The van der Waals surface area contributed by atoms with Crippen LogP contribution >= 0.6 is 11.3 Å². The van der Waals surface area contributed by atoms with Gasteiger partial charge in [-0.05, 0) is 49.2 Å². The standard InChI is InChI=1S/C28H25N5O6S/c1-14-7-18(24-19(8-14)32-22(36-4)11-30-24)27-33-23-15(2)9-20-25(26(23)40-27)37-12-17(39-20)13-38-28(34)31-16-5-6-29-21(10-16)35-3/h5-11,17H,12-13H2,1-4H3,(H,29,31,34)/t17-/m1/s1. The van der Waals surface area contributed by atoms with E-state index in [4.69, 9.17) is 28.7 Å². The molecule has 12 heteroatoms. The second-order valence-electron chi connectivity index (χ2n) is 9.17. The summed E-state index contributed by atoms with van der Waals surface area (Å²) in [4.78, 5) is 30.4. The number of anilines is 1. The third-order valence-corrected chi connectivity index (χ3v) is 7.37. The minimum absolute atomic E-state index is 0.00985. The maximum Gasteiger partial charge on any atom is 0.411 e. The molecule has 6 rings (SSSR count). The number of nitrogens with one attached hydrogen (secondary N) is 1. The lowest BCUT2D eigenvalue weighted by Crippen LogP contribution is -2.35. The number of thiazole rings is 1. The van der Waals surface area contributed by atoms with E-state index in [0.717, 1.165) is 42.9 Å². The van der Waals surface area contributed by atoms with Crippen molar-refractivity contribution in [1.29, 1.82) is 0 Å². The zero-order valence-electron chi connectivity index (χ0n) is 22.2. The zero-order chi connectivity index (χ0) is 27.8. The third-order valence-electron chi connectivity index (χ3n) is 6.28. The highest BCUT2D eigenvalue weighted by Gasteiger charge is 2.27. The fourth-order valence-corrected chi connectivity index (χ4v) is 5.58. The van der Waals surface area contributed by atoms with Crippen LogP contribution in [0, 0.1) is 13.8 Å². The largest absolute Gasteiger partial charge is 0.484 e. The first kappa shape index (κ1) is 25.6. The van der Waals surface area contributed by atoms with Crippen LogP contribution in [0.4, 0.5) is 10.5 Å². The minimum Gasteiger partial charge on any atom is -0.484 e. The average molecular weight is 560 g/mol. The van der Waals surface area contributed by atoms with E-state index < -0.39 is 12.2 Å². The average Bonchev–Trinajstić information content (AvgIpc) is 3.41. The summed E-state index contributed by atoms with van der Waals surface area (Å²) in [6.45, 7) is 4.21. The van der Waals surface area contributed by atoms with Crippen LogP contribution in [-0.2, 0) is 4.74 Å². The summed E-state index contributed by atoms with van der Waals surface area (Å²) in [5.74, 6) is 2.05. The molecule has 40 heavy (non-hydrogen) atoms. The van der Waals surface area contributed by atoms with Gasteiger partial charge >= 0.3 is 6.09 Å². The van der Waals surface area contributed by atoms with Crippen LogP contribution < -0.4 is 24.3 Å². The van der Waals surface area contributed by atoms with Crippen molar-refractivity contribution in [2.75, 3.05) is 32.8 Å². The number of nitrogens with zero attached hydrogens (tertiary/aromatic N) is 4. The van der Waals surface area contributed by atoms with Crippen molar-refractivity contribution in [2.24, 2.45) is 0 Å². The second kappa shape index (κ2) is 10.5. The highest BCUT2D eigenvalue weighted by Crippen LogP contribution is 2.46. The number of aryl methyl sites for hydroxylation is 2. The first-order valence-corrected chi connectivity index (χ1v) is 13.2. The van der Waals surface area contributed by atoms with E-state index >= 15 is 0 Å². The molecule has 0 bridgehead atoms. The summed E-state index contributed by atoms with van der Waals surface area (Å²) >= 11 is 1.51. The van der Waals surface area contributed by atoms with E-state index in [0.29, 0.717) is 28.9 Å². The monoisotopic (exact) mass is 559 g/mol. The van der Waals surface area contributed by atoms with Crippen molar-refractivity contribution >= 4 is 44.4 Å². The molecule has 0 spiro atoms. The number of rotatable bonds is 6. The quantitative estimate of drug-likeness (QED) is 0.292. The number of pyridine rings is 1. The number of carbonyl (C=O) groups is 1. The molecular weight excluding hydrogens is 534 g/mol. The van der Waals surface area contributed by atoms with Gasteiger partial charge in [-0.2, -0.15) is 0 Å². The van der Waals surface area contributed by atoms with E-state index in [2.05, 4.69) is 26.3 Å². The molecule has 2 aromatic carbocycles. The number of hydrogen-bond acceptors (Lipinski definition) is 11. The molecular formula is C28H25N5O6S. The van der Waals surface area contributed by atoms with Crippen LogP contribution in [0.15, 0.2) is 42.7 Å². The van der Waals surface area contributed by atoms with Gasteiger partial charge in [-0.25, -0.2) is 24.7 Å². The Labute approximate surface area is 233 Å². The molecule has 1 aliphatic heterocycles. The summed E-state index contributed by atoms with van der Waals surface area (Å²) in [7, 11) is 3.07. The van der Waals surface area contributed by atoms with Crippen molar-refractivity contribution in [1.82, 2.24) is 19.9 Å². The SMILES string of the molecule is COc1cc(NC(=O)OC[C@H]2COc3c(cc(C)c4nc(-c5cc(C)cc6nc(OC)cnc56)sc34)O2)ccn1. The Balaban J connectivity index is 1.22. The van der Waals surface area contributed by atoms with Crippen LogP contribution in [-0.4, -0.2) is 59.6 Å². The lowest BCUT2D eigenvalue weighted by molar-refractivity contribution is 0.0383. The topological polar surface area (TPSA) is 127 Å². The van der Waals surface area contributed by atoms with Crippen LogP contribution in [0.5, 0.6) is 23.3 Å². The Kier molecular flexibility index (Phi) is 6.68. The molecule has 3 aromatic heterocycles. The Morgan fingerprint density at radius 1 is 1.07 bits per heavy atom. The molecule has 0 radical (unpaired) electrons. The lowest BCUT2D eigenvalue weighted by atomic mass is 10.1. The van der Waals surface area contributed by atoms with Gasteiger partial charge in [-0.1, -0.05) is 0 Å². The maximum absolute atomic E-state index is 12.3. The van der Waals surface area contributed by atoms with Gasteiger partial charge in [-0.3, -0.25) is 5.32 Å². The maximum atomic E-state index is 12.3. The number of fused-ring (bicyclic) bond motifs is 4. The molecule has 1 atom stereocenters. The summed E-state index contributed by atoms with van der Waals surface area (Å²) in [6, 6.07) is 9.16. The van der Waals surface area contributed by atoms with Crippen molar-refractivity contribution in [3.05, 3.63) is 53.9 Å². The minimum atomic E-state index is -0.618. The number of hydrogen-bond donors (Lipinski definition) is 1. The first-order valence-electron chi connectivity index (χ1n) is 12.4. The highest BCUT2D eigenvalue weighted by atomic mass is 32.1. The molecule has 0 saturated heterocycles. The lowest BCUT2D eigenvalue weighted by Gasteiger charge is -2.26. The molecule has 204 valence electrons. The molecule has 11 nitrogen and oxygen atoms in total. The highest BCUT2D eigenvalue weighted by molar-refractivity contribution is 7.22. The van der Waals surface area contributed by atoms with Gasteiger partial charge in [0.25, 0.3) is 0 Å². The smallest absolute Gasteiger partial charge is 0.411 e. The Morgan fingerprint density at radius 2 is 1.93 bits per heavy atom. The van der Waals surface area contributed by atoms with E-state index in [-0.39, 0.29) is 13.2 Å². The normalized spacial score (nSPS) is 14.2. The van der Waals surface area contributed by atoms with Crippen molar-refractivity contribution in [2.45, 2.75) is 20.0 Å². The fourth-order valence-electron chi connectivity index (χ4n) is 4.43. The predicted molar refractivity (Wildman–Crippen MR) is 150 cm³/mol. The summed E-state index contributed by atoms with van der Waals surface area (Å²) in [5, 5.41) is 3.45. The van der Waals surface area contributed by atoms with Gasteiger partial charge in [0, 0.05) is 17.8 Å². The summed E-state index contributed by atoms with van der Waals surface area (Å²) < 4.78 is 28.9. The molecule has 4 heterocycles. The third kappa shape index (κ3) is 4.89. The van der Waals surface area contributed by atoms with E-state index in [9.17, 15) is 4.79 Å². The number of ether oxygens (including phenoxy) is 5. The van der Waals surface area contributed by atoms with Gasteiger partial charge in [0.15, 0.2) is 17.6 Å². The number of benzene rings is 2. The summed E-state index contributed by atoms with van der Waals surface area (Å²) in [5.41, 5.74) is 5.69. The molecule has 0 fully saturated rings. The second-order valence-corrected chi connectivity index (χ2v) is 10.2. The van der Waals surface area contributed by atoms with Crippen molar-refractivity contribution in [3.8, 4) is 33.8 Å². The van der Waals surface area contributed by atoms with E-state index in [1.807, 2.05) is 26.0 Å². The number of carbonyl (C=O) groups excluding carboxylic acids is 1. The van der Waals surface area contributed by atoms with Crippen LogP contribution in [0.1, 0.15) is 11.1 Å². The Morgan fingerprint density at radius 3 is 2.75 bits per heavy atom. The Hall–Kier alpha value is -4.71. The number of methoxy groups -OCH3 is 2. The molecule has 1 amide bonds. The molecule has 0 aliphatic carbocycles. The van der Waals surface area contributed by atoms with Crippen LogP contribution in [0.3, 0.4) is 0 Å². The number of amides is 1. The molecule has 1 N–H and O–H groups in total. The van der Waals surface area contributed by atoms with Gasteiger partial charge < -0.3 is 23.7 Å². The van der Waals surface area contributed by atoms with Crippen molar-refractivity contribution in [3.63, 3.8) is 0 Å². The predicted octanol–water partition coefficient (Wildman–Crippen LogP) is 5.32. The van der Waals surface area contributed by atoms with E-state index in [1.165, 1.54) is 24.6 Å². The molecule has 1 aliphatic rings. The van der Waals surface area contributed by atoms with Gasteiger partial charge in [0.2, 0.25) is 11.8 Å². The van der Waals surface area contributed by atoms with Crippen molar-refractivity contribution < 1.29 is 28.5 Å². The fraction of sp³-hybridized carbons (Fsp3) is 0.250.